The van der Waals surface area contributed by atoms with Gasteiger partial charge in [-0.1, -0.05) is 6.07 Å². The van der Waals surface area contributed by atoms with Crippen LogP contribution in [0.4, 0.5) is 0 Å². The van der Waals surface area contributed by atoms with Crippen molar-refractivity contribution in [3.63, 3.8) is 0 Å². The van der Waals surface area contributed by atoms with Crippen LogP contribution in [0.15, 0.2) is 35.7 Å². The van der Waals surface area contributed by atoms with Crippen molar-refractivity contribution in [3.05, 3.63) is 46.2 Å². The van der Waals surface area contributed by atoms with Crippen molar-refractivity contribution < 1.29 is 19.0 Å². The van der Waals surface area contributed by atoms with E-state index in [9.17, 15) is 4.79 Å². The summed E-state index contributed by atoms with van der Waals surface area (Å²) in [5.74, 6) is 1.51. The van der Waals surface area contributed by atoms with Crippen molar-refractivity contribution in [2.45, 2.75) is 18.9 Å². The molecule has 1 unspecified atom stereocenters. The van der Waals surface area contributed by atoms with Gasteiger partial charge in [0.1, 0.15) is 0 Å². The third-order valence-electron chi connectivity index (χ3n) is 5.04. The zero-order valence-corrected chi connectivity index (χ0v) is 18.0. The number of carbonyl (C=O) groups excluding carboxylic acids is 1. The number of likely N-dealkylation sites (tertiary alicyclic amines) is 1. The van der Waals surface area contributed by atoms with E-state index in [0.29, 0.717) is 23.8 Å². The van der Waals surface area contributed by atoms with Crippen LogP contribution in [0.2, 0.25) is 0 Å². The third kappa shape index (κ3) is 5.31. The molecule has 1 fully saturated rings. The van der Waals surface area contributed by atoms with E-state index in [-0.39, 0.29) is 11.9 Å². The predicted octanol–water partition coefficient (Wildman–Crippen LogP) is 3.74. The van der Waals surface area contributed by atoms with Crippen LogP contribution < -0.4 is 19.5 Å². The molecule has 0 radical (unpaired) electrons. The Morgan fingerprint density at radius 1 is 1.17 bits per heavy atom. The minimum Gasteiger partial charge on any atom is -0.493 e. The molecule has 0 spiro atoms. The molecule has 1 aliphatic rings. The van der Waals surface area contributed by atoms with E-state index in [0.717, 1.165) is 18.7 Å². The maximum absolute atomic E-state index is 12.4. The van der Waals surface area contributed by atoms with Crippen molar-refractivity contribution in [1.82, 2.24) is 10.2 Å². The lowest BCUT2D eigenvalue weighted by Crippen LogP contribution is -2.35. The SMILES string of the molecule is COc1cc(/C=C/C(=O)NCC(c2cccs2)N2CCCC2)cc(OC)c1OC. The molecule has 2 heterocycles. The quantitative estimate of drug-likeness (QED) is 0.631. The molecule has 1 atom stereocenters. The number of amides is 1. The first-order valence-electron chi connectivity index (χ1n) is 9.69. The van der Waals surface area contributed by atoms with Crippen LogP contribution in [-0.2, 0) is 4.79 Å². The molecule has 7 heteroatoms. The molecule has 0 aliphatic carbocycles. The van der Waals surface area contributed by atoms with Gasteiger partial charge in [-0.3, -0.25) is 9.69 Å². The van der Waals surface area contributed by atoms with E-state index in [1.165, 1.54) is 23.8 Å². The summed E-state index contributed by atoms with van der Waals surface area (Å²) in [6, 6.07) is 8.06. The zero-order valence-electron chi connectivity index (χ0n) is 17.1. The van der Waals surface area contributed by atoms with Crippen molar-refractivity contribution in [2.75, 3.05) is 41.0 Å². The molecule has 1 amide bonds. The second-order valence-electron chi connectivity index (χ2n) is 6.81. The minimum atomic E-state index is -0.125. The van der Waals surface area contributed by atoms with Crippen LogP contribution in [0, 0.1) is 0 Å². The molecule has 0 saturated carbocycles. The van der Waals surface area contributed by atoms with Crippen LogP contribution in [0.25, 0.3) is 6.08 Å². The zero-order chi connectivity index (χ0) is 20.6. The first kappa shape index (κ1) is 21.2. The highest BCUT2D eigenvalue weighted by atomic mass is 32.1. The highest BCUT2D eigenvalue weighted by Gasteiger charge is 2.24. The van der Waals surface area contributed by atoms with Crippen LogP contribution in [0.1, 0.15) is 29.3 Å². The number of nitrogens with one attached hydrogen (secondary N) is 1. The lowest BCUT2D eigenvalue weighted by molar-refractivity contribution is -0.116. The Morgan fingerprint density at radius 3 is 2.41 bits per heavy atom. The summed E-state index contributed by atoms with van der Waals surface area (Å²) in [5, 5.41) is 5.14. The molecule has 3 rings (SSSR count). The second kappa shape index (κ2) is 10.3. The van der Waals surface area contributed by atoms with Gasteiger partial charge in [0.2, 0.25) is 11.7 Å². The Balaban J connectivity index is 1.66. The van der Waals surface area contributed by atoms with E-state index in [1.807, 2.05) is 12.1 Å². The van der Waals surface area contributed by atoms with Gasteiger partial charge in [0.15, 0.2) is 11.5 Å². The number of hydrogen-bond acceptors (Lipinski definition) is 6. The van der Waals surface area contributed by atoms with Gasteiger partial charge in [0, 0.05) is 17.5 Å². The fraction of sp³-hybridized carbons (Fsp3) is 0.409. The molecule has 2 aromatic rings. The molecule has 0 bridgehead atoms. The lowest BCUT2D eigenvalue weighted by Gasteiger charge is -2.26. The summed E-state index contributed by atoms with van der Waals surface area (Å²) in [7, 11) is 4.70. The summed E-state index contributed by atoms with van der Waals surface area (Å²) >= 11 is 1.74. The molecular weight excluding hydrogens is 388 g/mol. The Bertz CT molecular complexity index is 804. The van der Waals surface area contributed by atoms with E-state index in [1.54, 1.807) is 38.7 Å². The number of carbonyl (C=O) groups is 1. The van der Waals surface area contributed by atoms with Crippen molar-refractivity contribution in [1.29, 1.82) is 0 Å². The predicted molar refractivity (Wildman–Crippen MR) is 116 cm³/mol. The minimum absolute atomic E-state index is 0.125. The number of methoxy groups -OCH3 is 3. The van der Waals surface area contributed by atoms with Crippen molar-refractivity contribution in [2.24, 2.45) is 0 Å². The molecule has 6 nitrogen and oxygen atoms in total. The number of hydrogen-bond donors (Lipinski definition) is 1. The first-order chi connectivity index (χ1) is 14.2. The van der Waals surface area contributed by atoms with Gasteiger partial charge >= 0.3 is 0 Å². The van der Waals surface area contributed by atoms with Gasteiger partial charge in [-0.25, -0.2) is 0 Å². The fourth-order valence-electron chi connectivity index (χ4n) is 3.57. The van der Waals surface area contributed by atoms with Gasteiger partial charge in [0.05, 0.1) is 27.4 Å². The molecule has 29 heavy (non-hydrogen) atoms. The average molecular weight is 417 g/mol. The highest BCUT2D eigenvalue weighted by Crippen LogP contribution is 2.38. The normalized spacial score (nSPS) is 15.4. The smallest absolute Gasteiger partial charge is 0.244 e. The summed E-state index contributed by atoms with van der Waals surface area (Å²) in [5.41, 5.74) is 0.795. The number of nitrogens with zero attached hydrogens (tertiary/aromatic N) is 1. The number of ether oxygens (including phenoxy) is 3. The summed E-state index contributed by atoms with van der Waals surface area (Å²) < 4.78 is 16.1. The molecule has 1 aromatic heterocycles. The van der Waals surface area contributed by atoms with E-state index < -0.39 is 0 Å². The number of thiophene rings is 1. The molecule has 1 saturated heterocycles. The highest BCUT2D eigenvalue weighted by molar-refractivity contribution is 7.10. The summed E-state index contributed by atoms with van der Waals surface area (Å²) in [4.78, 5) is 16.2. The number of rotatable bonds is 9. The van der Waals surface area contributed by atoms with Gasteiger partial charge in [-0.05, 0) is 61.1 Å². The maximum atomic E-state index is 12.4. The van der Waals surface area contributed by atoms with E-state index in [4.69, 9.17) is 14.2 Å². The molecule has 1 aliphatic heterocycles. The fourth-order valence-corrected chi connectivity index (χ4v) is 4.43. The van der Waals surface area contributed by atoms with Gasteiger partial charge in [-0.2, -0.15) is 0 Å². The molecular formula is C22H28N2O4S. The van der Waals surface area contributed by atoms with Crippen molar-refractivity contribution >= 4 is 23.3 Å². The van der Waals surface area contributed by atoms with Gasteiger partial charge < -0.3 is 19.5 Å². The lowest BCUT2D eigenvalue weighted by atomic mass is 10.1. The monoisotopic (exact) mass is 416 g/mol. The van der Waals surface area contributed by atoms with E-state index >= 15 is 0 Å². The average Bonchev–Trinajstić information content (AvgIpc) is 3.46. The van der Waals surface area contributed by atoms with Crippen molar-refractivity contribution in [3.8, 4) is 17.2 Å². The molecule has 156 valence electrons. The number of benzene rings is 1. The molecule has 1 aromatic carbocycles. The van der Waals surface area contributed by atoms with Crippen LogP contribution in [0.3, 0.4) is 0 Å². The second-order valence-corrected chi connectivity index (χ2v) is 7.79. The van der Waals surface area contributed by atoms with Gasteiger partial charge in [0.25, 0.3) is 0 Å². The Hall–Kier alpha value is -2.51. The largest absolute Gasteiger partial charge is 0.493 e. The van der Waals surface area contributed by atoms with Crippen LogP contribution >= 0.6 is 11.3 Å². The third-order valence-corrected chi connectivity index (χ3v) is 6.01. The topological polar surface area (TPSA) is 60.0 Å². The standard InChI is InChI=1S/C22H28N2O4S/c1-26-18-13-16(14-19(27-2)22(18)28-3)8-9-21(25)23-15-17(20-7-6-12-29-20)24-10-4-5-11-24/h6-9,12-14,17H,4-5,10-11,15H2,1-3H3,(H,23,25)/b9-8+. The van der Waals surface area contributed by atoms with E-state index in [2.05, 4.69) is 27.7 Å². The Morgan fingerprint density at radius 2 is 1.86 bits per heavy atom. The Kier molecular flexibility index (Phi) is 7.55. The van der Waals surface area contributed by atoms with Crippen LogP contribution in [0.5, 0.6) is 17.2 Å². The molecule has 1 N–H and O–H groups in total. The Labute approximate surface area is 176 Å². The summed E-state index contributed by atoms with van der Waals surface area (Å²) in [6.07, 6.45) is 5.72. The van der Waals surface area contributed by atoms with Crippen LogP contribution in [-0.4, -0.2) is 51.8 Å². The summed E-state index contributed by atoms with van der Waals surface area (Å²) in [6.45, 7) is 2.76. The first-order valence-corrected chi connectivity index (χ1v) is 10.6. The van der Waals surface area contributed by atoms with Gasteiger partial charge in [-0.15, -0.1) is 11.3 Å². The maximum Gasteiger partial charge on any atom is 0.244 e.